The van der Waals surface area contributed by atoms with Crippen LogP contribution in [0.3, 0.4) is 0 Å². The second-order valence-electron chi connectivity index (χ2n) is 5.34. The van der Waals surface area contributed by atoms with Gasteiger partial charge in [0.1, 0.15) is 11.6 Å². The highest BCUT2D eigenvalue weighted by Crippen LogP contribution is 2.25. The quantitative estimate of drug-likeness (QED) is 0.385. The average Bonchev–Trinajstić information content (AvgIpc) is 2.69. The van der Waals surface area contributed by atoms with Crippen LogP contribution >= 0.6 is 23.4 Å². The van der Waals surface area contributed by atoms with Crippen LogP contribution in [-0.4, -0.2) is 22.4 Å². The summed E-state index contributed by atoms with van der Waals surface area (Å²) in [6, 6.07) is 16.5. The lowest BCUT2D eigenvalue weighted by molar-refractivity contribution is 1.08. The van der Waals surface area contributed by atoms with Gasteiger partial charge in [0.2, 0.25) is 5.95 Å². The van der Waals surface area contributed by atoms with E-state index in [4.69, 9.17) is 11.6 Å². The molecule has 0 aliphatic carbocycles. The van der Waals surface area contributed by atoms with Gasteiger partial charge in [-0.15, -0.1) is 11.8 Å². The third-order valence-electron chi connectivity index (χ3n) is 3.68. The van der Waals surface area contributed by atoms with Crippen molar-refractivity contribution in [2.45, 2.75) is 4.90 Å². The number of nitriles is 1. The number of thioether (sulfide) groups is 1. The topological polar surface area (TPSA) is 93.9 Å². The fourth-order valence-electron chi connectivity index (χ4n) is 2.41. The third-order valence-corrected chi connectivity index (χ3v) is 4.80. The number of nitrogens with one attached hydrogen (secondary N) is 2. The first-order chi connectivity index (χ1) is 13.1. The molecule has 0 saturated heterocycles. The molecule has 0 spiro atoms. The maximum absolute atomic E-state index is 12.2. The van der Waals surface area contributed by atoms with E-state index in [0.29, 0.717) is 16.3 Å². The molecule has 1 aromatic heterocycles. The Morgan fingerprint density at radius 3 is 2.74 bits per heavy atom. The van der Waals surface area contributed by atoms with Gasteiger partial charge in [-0.1, -0.05) is 48.0 Å². The van der Waals surface area contributed by atoms with Crippen LogP contribution in [0, 0.1) is 11.3 Å². The summed E-state index contributed by atoms with van der Waals surface area (Å²) in [6.07, 6.45) is 3.51. The lowest BCUT2D eigenvalue weighted by atomic mass is 10.1. The SMILES string of the molecule is CSc1cccc(Cl)c1C=NNc1nc(-c2ccccc2)c(C#N)c(=O)[nH]1. The molecule has 0 aliphatic heterocycles. The van der Waals surface area contributed by atoms with Gasteiger partial charge in [0.25, 0.3) is 5.56 Å². The molecule has 27 heavy (non-hydrogen) atoms. The zero-order chi connectivity index (χ0) is 19.2. The molecule has 0 atom stereocenters. The molecule has 0 unspecified atom stereocenters. The zero-order valence-electron chi connectivity index (χ0n) is 14.2. The van der Waals surface area contributed by atoms with Crippen LogP contribution in [-0.2, 0) is 0 Å². The van der Waals surface area contributed by atoms with Crippen LogP contribution in [0.15, 0.2) is 63.3 Å². The van der Waals surface area contributed by atoms with Gasteiger partial charge in [-0.2, -0.15) is 10.4 Å². The third kappa shape index (κ3) is 4.19. The summed E-state index contributed by atoms with van der Waals surface area (Å²) in [6.45, 7) is 0. The Balaban J connectivity index is 1.94. The van der Waals surface area contributed by atoms with Crippen LogP contribution in [0.25, 0.3) is 11.3 Å². The molecule has 6 nitrogen and oxygen atoms in total. The maximum atomic E-state index is 12.2. The van der Waals surface area contributed by atoms with E-state index in [9.17, 15) is 10.1 Å². The predicted molar refractivity (Wildman–Crippen MR) is 109 cm³/mol. The van der Waals surface area contributed by atoms with Crippen molar-refractivity contribution >= 4 is 35.5 Å². The van der Waals surface area contributed by atoms with E-state index in [1.54, 1.807) is 36.2 Å². The number of hydrogen-bond donors (Lipinski definition) is 2. The lowest BCUT2D eigenvalue weighted by Gasteiger charge is -2.07. The number of hydrazone groups is 1. The number of nitrogens with zero attached hydrogens (tertiary/aromatic N) is 3. The molecule has 0 amide bonds. The van der Waals surface area contributed by atoms with E-state index in [2.05, 4.69) is 20.5 Å². The van der Waals surface area contributed by atoms with Crippen molar-refractivity contribution < 1.29 is 0 Å². The minimum Gasteiger partial charge on any atom is -0.290 e. The molecule has 3 rings (SSSR count). The monoisotopic (exact) mass is 395 g/mol. The summed E-state index contributed by atoms with van der Waals surface area (Å²) in [7, 11) is 0. The summed E-state index contributed by atoms with van der Waals surface area (Å²) in [5.74, 6) is 0.131. The molecule has 0 bridgehead atoms. The fraction of sp³-hybridized carbons (Fsp3) is 0.0526. The molecule has 2 aromatic carbocycles. The predicted octanol–water partition coefficient (Wildman–Crippen LogP) is 4.13. The Kier molecular flexibility index (Phi) is 5.91. The highest BCUT2D eigenvalue weighted by molar-refractivity contribution is 7.98. The van der Waals surface area contributed by atoms with Crippen LogP contribution < -0.4 is 11.0 Å². The van der Waals surface area contributed by atoms with Gasteiger partial charge in [0.15, 0.2) is 0 Å². The Morgan fingerprint density at radius 1 is 1.26 bits per heavy atom. The molecule has 0 fully saturated rings. The van der Waals surface area contributed by atoms with E-state index >= 15 is 0 Å². The highest BCUT2D eigenvalue weighted by atomic mass is 35.5. The van der Waals surface area contributed by atoms with Crippen molar-refractivity contribution in [2.75, 3.05) is 11.7 Å². The zero-order valence-corrected chi connectivity index (χ0v) is 15.8. The summed E-state index contributed by atoms with van der Waals surface area (Å²) >= 11 is 7.77. The summed E-state index contributed by atoms with van der Waals surface area (Å²) in [4.78, 5) is 20.0. The Bertz CT molecular complexity index is 1090. The molecule has 134 valence electrons. The number of halogens is 1. The summed E-state index contributed by atoms with van der Waals surface area (Å²) in [5.41, 5.74) is 3.84. The Labute approximate surface area is 164 Å². The van der Waals surface area contributed by atoms with Crippen molar-refractivity contribution in [1.82, 2.24) is 9.97 Å². The molecular weight excluding hydrogens is 382 g/mol. The number of aromatic nitrogens is 2. The second kappa shape index (κ2) is 8.54. The van der Waals surface area contributed by atoms with E-state index < -0.39 is 5.56 Å². The van der Waals surface area contributed by atoms with E-state index in [0.717, 1.165) is 10.5 Å². The summed E-state index contributed by atoms with van der Waals surface area (Å²) < 4.78 is 0. The van der Waals surface area contributed by atoms with Crippen molar-refractivity contribution in [2.24, 2.45) is 5.10 Å². The largest absolute Gasteiger partial charge is 0.290 e. The van der Waals surface area contributed by atoms with Crippen LogP contribution in [0.5, 0.6) is 0 Å². The van der Waals surface area contributed by atoms with Crippen molar-refractivity contribution in [3.05, 3.63) is 75.0 Å². The molecule has 0 aliphatic rings. The fourth-order valence-corrected chi connectivity index (χ4v) is 3.29. The number of benzene rings is 2. The average molecular weight is 396 g/mol. The van der Waals surface area contributed by atoms with E-state index in [1.807, 2.05) is 42.7 Å². The van der Waals surface area contributed by atoms with E-state index in [1.165, 1.54) is 0 Å². The minimum atomic E-state index is -0.536. The van der Waals surface area contributed by atoms with Crippen molar-refractivity contribution in [3.63, 3.8) is 0 Å². The van der Waals surface area contributed by atoms with Crippen molar-refractivity contribution in [1.29, 1.82) is 5.26 Å². The normalized spacial score (nSPS) is 10.7. The molecule has 3 aromatic rings. The molecule has 2 N–H and O–H groups in total. The van der Waals surface area contributed by atoms with Gasteiger partial charge in [-0.25, -0.2) is 10.4 Å². The van der Waals surface area contributed by atoms with Crippen molar-refractivity contribution in [3.8, 4) is 17.3 Å². The molecular formula is C19H14ClN5OS. The first-order valence-electron chi connectivity index (χ1n) is 7.85. The Morgan fingerprint density at radius 2 is 2.04 bits per heavy atom. The van der Waals surface area contributed by atoms with Gasteiger partial charge >= 0.3 is 0 Å². The lowest BCUT2D eigenvalue weighted by Crippen LogP contribution is -2.16. The van der Waals surface area contributed by atoms with Crippen LogP contribution in [0.4, 0.5) is 5.95 Å². The molecule has 1 heterocycles. The van der Waals surface area contributed by atoms with Gasteiger partial charge < -0.3 is 0 Å². The molecule has 0 radical (unpaired) electrons. The van der Waals surface area contributed by atoms with Gasteiger partial charge in [-0.05, 0) is 18.4 Å². The summed E-state index contributed by atoms with van der Waals surface area (Å²) in [5, 5.41) is 14.0. The Hall–Kier alpha value is -3.08. The number of H-pyrrole nitrogens is 1. The minimum absolute atomic E-state index is 0.0495. The molecule has 0 saturated carbocycles. The highest BCUT2D eigenvalue weighted by Gasteiger charge is 2.13. The van der Waals surface area contributed by atoms with Gasteiger partial charge in [0.05, 0.1) is 16.9 Å². The number of anilines is 1. The first kappa shape index (κ1) is 18.7. The first-order valence-corrected chi connectivity index (χ1v) is 9.45. The van der Waals surface area contributed by atoms with Gasteiger partial charge in [0, 0.05) is 16.0 Å². The standard InChI is InChI=1S/C19H14ClN5OS/c1-27-16-9-5-8-15(20)14(16)11-22-25-19-23-17(12-6-3-2-4-7-12)13(10-21)18(26)24-19/h2-9,11H,1H3,(H2,23,24,25,26). The van der Waals surface area contributed by atoms with Gasteiger partial charge in [-0.3, -0.25) is 9.78 Å². The number of rotatable bonds is 5. The number of aromatic amines is 1. The smallest absolute Gasteiger partial charge is 0.270 e. The maximum Gasteiger partial charge on any atom is 0.270 e. The van der Waals surface area contributed by atoms with E-state index in [-0.39, 0.29) is 11.5 Å². The second-order valence-corrected chi connectivity index (χ2v) is 6.60. The van der Waals surface area contributed by atoms with Crippen LogP contribution in [0.1, 0.15) is 11.1 Å². The van der Waals surface area contributed by atoms with Crippen LogP contribution in [0.2, 0.25) is 5.02 Å². The molecule has 8 heteroatoms. The number of hydrogen-bond acceptors (Lipinski definition) is 6.